The number of hydrogen-bond donors (Lipinski definition) is 3. The lowest BCUT2D eigenvalue weighted by molar-refractivity contribution is -0.138. The number of aliphatic carboxylic acids is 1. The van der Waals surface area contributed by atoms with Gasteiger partial charge in [0.15, 0.2) is 0 Å². The molecule has 2 atom stereocenters. The van der Waals surface area contributed by atoms with Gasteiger partial charge in [0.25, 0.3) is 0 Å². The normalized spacial score (nSPS) is 15.1. The number of carboxylic acids is 1. The maximum absolute atomic E-state index is 12.8. The van der Waals surface area contributed by atoms with Gasteiger partial charge in [-0.25, -0.2) is 4.79 Å². The van der Waals surface area contributed by atoms with Crippen molar-refractivity contribution in [3.8, 4) is 11.1 Å². The van der Waals surface area contributed by atoms with Gasteiger partial charge in [0.05, 0.1) is 6.42 Å². The first-order valence-corrected chi connectivity index (χ1v) is 10.9. The number of fused-ring (bicyclic) bond motifs is 3. The van der Waals surface area contributed by atoms with Crippen LogP contribution in [0.2, 0.25) is 0 Å². The summed E-state index contributed by atoms with van der Waals surface area (Å²) in [5, 5.41) is 14.4. The Hall–Kier alpha value is -3.35. The van der Waals surface area contributed by atoms with Crippen LogP contribution in [0.4, 0.5) is 4.79 Å². The Morgan fingerprint density at radius 3 is 2.09 bits per heavy atom. The Morgan fingerprint density at radius 2 is 1.59 bits per heavy atom. The quantitative estimate of drug-likeness (QED) is 0.548. The largest absolute Gasteiger partial charge is 0.481 e. The van der Waals surface area contributed by atoms with Gasteiger partial charge in [-0.05, 0) is 42.0 Å². The third-order valence-corrected chi connectivity index (χ3v) is 6.18. The van der Waals surface area contributed by atoms with Crippen molar-refractivity contribution in [2.45, 2.75) is 57.5 Å². The maximum atomic E-state index is 12.8. The number of benzene rings is 2. The van der Waals surface area contributed by atoms with Gasteiger partial charge in [0.2, 0.25) is 5.91 Å². The third-order valence-electron chi connectivity index (χ3n) is 6.18. The number of carbonyl (C=O) groups excluding carboxylic acids is 2. The Bertz CT molecular complexity index is 960. The van der Waals surface area contributed by atoms with Crippen molar-refractivity contribution in [1.82, 2.24) is 10.6 Å². The van der Waals surface area contributed by atoms with Gasteiger partial charge in [0.1, 0.15) is 12.1 Å². The summed E-state index contributed by atoms with van der Waals surface area (Å²) in [4.78, 5) is 36.4. The zero-order chi connectivity index (χ0) is 23.3. The average Bonchev–Trinajstić information content (AvgIpc) is 3.10. The Morgan fingerprint density at radius 1 is 1.03 bits per heavy atom. The summed E-state index contributed by atoms with van der Waals surface area (Å²) in [6.45, 7) is 5.34. The summed E-state index contributed by atoms with van der Waals surface area (Å²) in [5.74, 6) is -1.49. The number of nitrogens with one attached hydrogen (secondary N) is 2. The SMILES string of the molecule is CCC(CC(=O)O)NC(=O)C(C)(CC)NC(=O)OCC1c2ccccc2-c2ccccc21. The van der Waals surface area contributed by atoms with Crippen LogP contribution >= 0.6 is 0 Å². The van der Waals surface area contributed by atoms with Gasteiger partial charge in [0, 0.05) is 12.0 Å². The van der Waals surface area contributed by atoms with Crippen molar-refractivity contribution in [2.75, 3.05) is 6.61 Å². The van der Waals surface area contributed by atoms with Gasteiger partial charge in [-0.1, -0.05) is 62.4 Å². The van der Waals surface area contributed by atoms with Crippen LogP contribution in [0.15, 0.2) is 48.5 Å². The smallest absolute Gasteiger partial charge is 0.408 e. The van der Waals surface area contributed by atoms with Gasteiger partial charge < -0.3 is 20.5 Å². The van der Waals surface area contributed by atoms with Crippen molar-refractivity contribution < 1.29 is 24.2 Å². The molecule has 0 saturated carbocycles. The summed E-state index contributed by atoms with van der Waals surface area (Å²) in [6, 6.07) is 15.6. The molecule has 2 aromatic carbocycles. The molecule has 0 aromatic heterocycles. The fraction of sp³-hybridized carbons (Fsp3) is 0.400. The topological polar surface area (TPSA) is 105 Å². The lowest BCUT2D eigenvalue weighted by atomic mass is 9.96. The maximum Gasteiger partial charge on any atom is 0.408 e. The number of rotatable bonds is 9. The van der Waals surface area contributed by atoms with Gasteiger partial charge in [-0.3, -0.25) is 9.59 Å². The van der Waals surface area contributed by atoms with Gasteiger partial charge in [-0.15, -0.1) is 0 Å². The van der Waals surface area contributed by atoms with Gasteiger partial charge in [-0.2, -0.15) is 0 Å². The molecular formula is C25H30N2O5. The van der Waals surface area contributed by atoms with Crippen LogP contribution in [0.3, 0.4) is 0 Å². The fourth-order valence-corrected chi connectivity index (χ4v) is 4.02. The number of carbonyl (C=O) groups is 3. The van der Waals surface area contributed by atoms with Crippen LogP contribution in [0.5, 0.6) is 0 Å². The van der Waals surface area contributed by atoms with E-state index in [4.69, 9.17) is 9.84 Å². The van der Waals surface area contributed by atoms with E-state index in [0.717, 1.165) is 22.3 Å². The number of hydrogen-bond acceptors (Lipinski definition) is 4. The van der Waals surface area contributed by atoms with Crippen molar-refractivity contribution >= 4 is 18.0 Å². The van der Waals surface area contributed by atoms with Crippen LogP contribution in [-0.2, 0) is 14.3 Å². The molecule has 7 heteroatoms. The minimum absolute atomic E-state index is 0.0742. The molecule has 2 unspecified atom stereocenters. The molecule has 0 aliphatic heterocycles. The van der Waals surface area contributed by atoms with Crippen LogP contribution in [0, 0.1) is 0 Å². The molecule has 0 spiro atoms. The minimum atomic E-state index is -1.21. The van der Waals surface area contributed by atoms with Gasteiger partial charge >= 0.3 is 12.1 Å². The zero-order valence-corrected chi connectivity index (χ0v) is 18.7. The van der Waals surface area contributed by atoms with E-state index in [-0.39, 0.29) is 18.9 Å². The summed E-state index contributed by atoms with van der Waals surface area (Å²) in [5.41, 5.74) is 3.28. The van der Waals surface area contributed by atoms with E-state index in [2.05, 4.69) is 22.8 Å². The second-order valence-electron chi connectivity index (χ2n) is 8.31. The first-order valence-electron chi connectivity index (χ1n) is 10.9. The summed E-state index contributed by atoms with van der Waals surface area (Å²) in [6.07, 6.45) is -0.0555. The number of carboxylic acid groups (broad SMARTS) is 1. The first-order chi connectivity index (χ1) is 15.3. The summed E-state index contributed by atoms with van der Waals surface area (Å²) >= 11 is 0. The van der Waals surface area contributed by atoms with Crippen molar-refractivity contribution in [1.29, 1.82) is 0 Å². The molecule has 3 N–H and O–H groups in total. The van der Waals surface area contributed by atoms with E-state index in [9.17, 15) is 14.4 Å². The van der Waals surface area contributed by atoms with E-state index >= 15 is 0 Å². The first kappa shape index (κ1) is 23.3. The minimum Gasteiger partial charge on any atom is -0.481 e. The molecule has 0 saturated heterocycles. The predicted molar refractivity (Wildman–Crippen MR) is 121 cm³/mol. The van der Waals surface area contributed by atoms with Crippen LogP contribution in [-0.4, -0.2) is 41.3 Å². The molecule has 1 aliphatic rings. The standard InChI is InChI=1S/C25H30N2O5/c1-4-16(14-22(28)29)26-23(30)25(3,5-2)27-24(31)32-15-21-19-12-8-6-10-17(19)18-11-7-9-13-20(18)21/h6-13,16,21H,4-5,14-15H2,1-3H3,(H,26,30)(H,27,31)(H,28,29). The molecule has 2 aromatic rings. The lowest BCUT2D eigenvalue weighted by Gasteiger charge is -2.30. The van der Waals surface area contributed by atoms with Crippen LogP contribution in [0.25, 0.3) is 11.1 Å². The average molecular weight is 439 g/mol. The molecule has 1 aliphatic carbocycles. The number of alkyl carbamates (subject to hydrolysis) is 1. The molecule has 0 heterocycles. The molecule has 2 amide bonds. The van der Waals surface area contributed by atoms with Crippen molar-refractivity contribution in [3.63, 3.8) is 0 Å². The van der Waals surface area contributed by atoms with Crippen molar-refractivity contribution in [2.24, 2.45) is 0 Å². The number of ether oxygens (including phenoxy) is 1. The highest BCUT2D eigenvalue weighted by Crippen LogP contribution is 2.44. The molecule has 0 bridgehead atoms. The molecule has 170 valence electrons. The van der Waals surface area contributed by atoms with Crippen LogP contribution < -0.4 is 10.6 Å². The Balaban J connectivity index is 1.66. The van der Waals surface area contributed by atoms with E-state index in [1.165, 1.54) is 0 Å². The molecule has 32 heavy (non-hydrogen) atoms. The molecule has 7 nitrogen and oxygen atoms in total. The van der Waals surface area contributed by atoms with Crippen LogP contribution in [0.1, 0.15) is 57.1 Å². The zero-order valence-electron chi connectivity index (χ0n) is 18.7. The second-order valence-corrected chi connectivity index (χ2v) is 8.31. The fourth-order valence-electron chi connectivity index (χ4n) is 4.02. The van der Waals surface area contributed by atoms with Crippen molar-refractivity contribution in [3.05, 3.63) is 59.7 Å². The monoisotopic (exact) mass is 438 g/mol. The van der Waals surface area contributed by atoms with E-state index in [1.54, 1.807) is 20.8 Å². The summed E-state index contributed by atoms with van der Waals surface area (Å²) < 4.78 is 5.56. The van der Waals surface area contributed by atoms with E-state index < -0.39 is 29.6 Å². The molecule has 3 rings (SSSR count). The van der Waals surface area contributed by atoms with E-state index in [0.29, 0.717) is 12.8 Å². The number of amides is 2. The summed E-state index contributed by atoms with van der Waals surface area (Å²) in [7, 11) is 0. The Kier molecular flexibility index (Phi) is 7.18. The highest BCUT2D eigenvalue weighted by Gasteiger charge is 2.36. The van der Waals surface area contributed by atoms with E-state index in [1.807, 2.05) is 36.4 Å². The lowest BCUT2D eigenvalue weighted by Crippen LogP contribution is -2.58. The second kappa shape index (κ2) is 9.85. The highest BCUT2D eigenvalue weighted by atomic mass is 16.5. The predicted octanol–water partition coefficient (Wildman–Crippen LogP) is 4.06. The molecule has 0 fully saturated rings. The highest BCUT2D eigenvalue weighted by molar-refractivity contribution is 5.90. The third kappa shape index (κ3) is 4.93. The molecular weight excluding hydrogens is 408 g/mol. The molecule has 0 radical (unpaired) electrons. The Labute approximate surface area is 188 Å².